The van der Waals surface area contributed by atoms with Crippen molar-refractivity contribution in [2.24, 2.45) is 22.7 Å². The fourth-order valence-corrected chi connectivity index (χ4v) is 9.40. The molecule has 2 heterocycles. The van der Waals surface area contributed by atoms with Crippen LogP contribution < -0.4 is 0 Å². The molecule has 0 amide bonds. The third-order valence-corrected chi connectivity index (χ3v) is 11.0. The first-order valence-corrected chi connectivity index (χ1v) is 14.4. The molecule has 6 rings (SSSR count). The maximum Gasteiger partial charge on any atom is 0.303 e. The van der Waals surface area contributed by atoms with E-state index in [0.717, 1.165) is 25.7 Å². The van der Waals surface area contributed by atoms with E-state index in [-0.39, 0.29) is 29.3 Å². The lowest BCUT2D eigenvalue weighted by atomic mass is 9.44. The van der Waals surface area contributed by atoms with E-state index >= 15 is 0 Å². The summed E-state index contributed by atoms with van der Waals surface area (Å²) < 4.78 is 35.8. The summed E-state index contributed by atoms with van der Waals surface area (Å²) in [5.41, 5.74) is -2.17. The second-order valence-corrected chi connectivity index (χ2v) is 13.5. The van der Waals surface area contributed by atoms with Crippen molar-refractivity contribution in [1.82, 2.24) is 0 Å². The summed E-state index contributed by atoms with van der Waals surface area (Å²) in [5.74, 6) is -1.23. The third-order valence-electron chi connectivity index (χ3n) is 11.0. The molecule has 4 aliphatic carbocycles. The molecule has 2 saturated heterocycles. The summed E-state index contributed by atoms with van der Waals surface area (Å²) in [4.78, 5) is 48.3. The number of epoxide rings is 2. The summed E-state index contributed by atoms with van der Waals surface area (Å²) in [6, 6.07) is 0. The number of fused-ring (bicyclic) bond motifs is 5. The highest BCUT2D eigenvalue weighted by atomic mass is 16.7. The molecular formula is C30H40O10. The summed E-state index contributed by atoms with van der Waals surface area (Å²) in [6.07, 6.45) is 5.19. The maximum absolute atomic E-state index is 12.6. The highest BCUT2D eigenvalue weighted by Gasteiger charge is 2.93. The Bertz CT molecular complexity index is 1190. The minimum Gasteiger partial charge on any atom is -0.465 e. The van der Waals surface area contributed by atoms with Crippen LogP contribution in [0.5, 0.6) is 0 Å². The number of rotatable bonds is 6. The molecule has 0 N–H and O–H groups in total. The Morgan fingerprint density at radius 3 is 2.27 bits per heavy atom. The maximum atomic E-state index is 12.6. The summed E-state index contributed by atoms with van der Waals surface area (Å²) >= 11 is 0. The third kappa shape index (κ3) is 3.74. The molecular weight excluding hydrogens is 520 g/mol. The van der Waals surface area contributed by atoms with E-state index in [9.17, 15) is 19.2 Å². The Balaban J connectivity index is 1.39. The Hall–Kier alpha value is -2.46. The van der Waals surface area contributed by atoms with Gasteiger partial charge in [-0.1, -0.05) is 31.9 Å². The normalized spacial score (nSPS) is 47.5. The molecule has 2 aliphatic heterocycles. The van der Waals surface area contributed by atoms with Gasteiger partial charge in [0.15, 0.2) is 17.3 Å². The molecule has 1 unspecified atom stereocenters. The number of carbonyl (C=O) groups excluding carboxylic acids is 4. The molecule has 6 aliphatic rings. The average Bonchev–Trinajstić information content (AvgIpc) is 3.76. The molecule has 0 aromatic rings. The van der Waals surface area contributed by atoms with Crippen LogP contribution in [-0.4, -0.2) is 72.2 Å². The van der Waals surface area contributed by atoms with Gasteiger partial charge in [-0.15, -0.1) is 0 Å². The monoisotopic (exact) mass is 560 g/mol. The van der Waals surface area contributed by atoms with Crippen molar-refractivity contribution in [2.75, 3.05) is 13.2 Å². The largest absolute Gasteiger partial charge is 0.465 e. The van der Waals surface area contributed by atoms with Crippen molar-refractivity contribution in [3.05, 3.63) is 11.6 Å². The predicted molar refractivity (Wildman–Crippen MR) is 138 cm³/mol. The van der Waals surface area contributed by atoms with E-state index in [1.807, 2.05) is 0 Å². The van der Waals surface area contributed by atoms with Crippen molar-refractivity contribution < 1.29 is 47.6 Å². The quantitative estimate of drug-likeness (QED) is 0.207. The standard InChI is InChI=1S/C30H40O10/c1-16(31)35-14-26(5)10-7-11-27(6)21-13-29-24(39-29)23(37-18(3)33)28(15-36-17(2)32)25(40-28)30(29,38-19(4)34)12-20(21)8-9-22(26)27/h8,21-25H,7,9-15H2,1-6H3/t21-,22-,23?,24+,25-,26-,27+,28-,29+,30+/m0/s1. The van der Waals surface area contributed by atoms with Gasteiger partial charge in [-0.3, -0.25) is 19.2 Å². The SMILES string of the molecule is CC(=O)OC[C@]1(C)CCC[C@]2(C)[C@H]3C[C@@]45O[C@@H]4C(OC(C)=O)[C@]4(COC(C)=O)O[C@@H]4[C@]5(OC(C)=O)CC3=CC[C@@H]12. The van der Waals surface area contributed by atoms with Crippen LogP contribution in [0.25, 0.3) is 0 Å². The highest BCUT2D eigenvalue weighted by molar-refractivity contribution is 5.69. The topological polar surface area (TPSA) is 130 Å². The molecule has 3 saturated carbocycles. The summed E-state index contributed by atoms with van der Waals surface area (Å²) in [6.45, 7) is 10.3. The van der Waals surface area contributed by atoms with Crippen molar-refractivity contribution >= 4 is 23.9 Å². The molecule has 0 radical (unpaired) electrons. The van der Waals surface area contributed by atoms with Gasteiger partial charge in [-0.2, -0.15) is 0 Å². The minimum absolute atomic E-state index is 0.0848. The van der Waals surface area contributed by atoms with Crippen LogP contribution in [0.4, 0.5) is 0 Å². The van der Waals surface area contributed by atoms with Crippen LogP contribution in [0.3, 0.4) is 0 Å². The van der Waals surface area contributed by atoms with Crippen molar-refractivity contribution in [1.29, 1.82) is 0 Å². The molecule has 0 aromatic heterocycles. The first kappa shape index (κ1) is 27.7. The lowest BCUT2D eigenvalue weighted by molar-refractivity contribution is -0.183. The number of carbonyl (C=O) groups is 4. The van der Waals surface area contributed by atoms with Crippen LogP contribution >= 0.6 is 0 Å². The van der Waals surface area contributed by atoms with Crippen LogP contribution in [0.15, 0.2) is 11.6 Å². The van der Waals surface area contributed by atoms with E-state index < -0.39 is 53.0 Å². The second-order valence-electron chi connectivity index (χ2n) is 13.5. The van der Waals surface area contributed by atoms with Crippen molar-refractivity contribution in [2.45, 2.75) is 115 Å². The zero-order valence-corrected chi connectivity index (χ0v) is 24.2. The molecule has 10 heteroatoms. The highest BCUT2D eigenvalue weighted by Crippen LogP contribution is 2.75. The van der Waals surface area contributed by atoms with Gasteiger partial charge in [-0.05, 0) is 42.9 Å². The van der Waals surface area contributed by atoms with E-state index in [0.29, 0.717) is 25.4 Å². The number of ether oxygens (including phenoxy) is 6. The fourth-order valence-electron chi connectivity index (χ4n) is 9.40. The number of hydrogen-bond acceptors (Lipinski definition) is 10. The van der Waals surface area contributed by atoms with E-state index in [1.165, 1.54) is 33.3 Å². The smallest absolute Gasteiger partial charge is 0.303 e. The average molecular weight is 561 g/mol. The Morgan fingerprint density at radius 2 is 1.62 bits per heavy atom. The van der Waals surface area contributed by atoms with Gasteiger partial charge < -0.3 is 28.4 Å². The Labute approximate surface area is 234 Å². The Kier molecular flexibility index (Phi) is 6.07. The van der Waals surface area contributed by atoms with Gasteiger partial charge in [0.25, 0.3) is 0 Å². The number of allylic oxidation sites excluding steroid dienone is 1. The number of esters is 4. The molecule has 10 atom stereocenters. The van der Waals surface area contributed by atoms with Crippen molar-refractivity contribution in [3.63, 3.8) is 0 Å². The first-order chi connectivity index (χ1) is 18.7. The lowest BCUT2D eigenvalue weighted by Gasteiger charge is -2.61. The summed E-state index contributed by atoms with van der Waals surface area (Å²) in [7, 11) is 0. The van der Waals surface area contributed by atoms with Crippen LogP contribution in [0, 0.1) is 22.7 Å². The zero-order valence-electron chi connectivity index (χ0n) is 24.2. The molecule has 220 valence electrons. The molecule has 10 nitrogen and oxygen atoms in total. The minimum atomic E-state index is -1.14. The number of hydrogen-bond donors (Lipinski definition) is 0. The van der Waals surface area contributed by atoms with E-state index in [2.05, 4.69) is 19.9 Å². The van der Waals surface area contributed by atoms with Gasteiger partial charge in [-0.25, -0.2) is 0 Å². The zero-order chi connectivity index (χ0) is 28.9. The lowest BCUT2D eigenvalue weighted by Crippen LogP contribution is -2.68. The van der Waals surface area contributed by atoms with Gasteiger partial charge >= 0.3 is 23.9 Å². The van der Waals surface area contributed by atoms with Crippen LogP contribution in [-0.2, 0) is 47.6 Å². The van der Waals surface area contributed by atoms with E-state index in [1.54, 1.807) is 0 Å². The van der Waals surface area contributed by atoms with Gasteiger partial charge in [0.1, 0.15) is 24.4 Å². The fraction of sp³-hybridized carbons (Fsp3) is 0.800. The summed E-state index contributed by atoms with van der Waals surface area (Å²) in [5, 5.41) is 0. The van der Waals surface area contributed by atoms with Gasteiger partial charge in [0.2, 0.25) is 0 Å². The molecule has 40 heavy (non-hydrogen) atoms. The van der Waals surface area contributed by atoms with Crippen molar-refractivity contribution in [3.8, 4) is 0 Å². The molecule has 1 spiro atoms. The molecule has 5 fully saturated rings. The van der Waals surface area contributed by atoms with E-state index in [4.69, 9.17) is 28.4 Å². The first-order valence-electron chi connectivity index (χ1n) is 14.4. The van der Waals surface area contributed by atoms with Crippen LogP contribution in [0.2, 0.25) is 0 Å². The van der Waals surface area contributed by atoms with Crippen LogP contribution in [0.1, 0.15) is 80.1 Å². The van der Waals surface area contributed by atoms with Gasteiger partial charge in [0.05, 0.1) is 6.61 Å². The second kappa shape index (κ2) is 8.77. The molecule has 0 aromatic carbocycles. The Morgan fingerprint density at radius 1 is 0.925 bits per heavy atom. The van der Waals surface area contributed by atoms with Gasteiger partial charge in [0, 0.05) is 39.5 Å². The molecule has 0 bridgehead atoms. The predicted octanol–water partition coefficient (Wildman–Crippen LogP) is 3.19.